The van der Waals surface area contributed by atoms with Crippen molar-refractivity contribution in [3.05, 3.63) is 29.8 Å². The molecule has 3 rings (SSSR count). The number of rotatable bonds is 6. The number of benzene rings is 1. The molecule has 122 valence electrons. The van der Waals surface area contributed by atoms with Gasteiger partial charge in [-0.05, 0) is 49.3 Å². The van der Waals surface area contributed by atoms with Gasteiger partial charge in [-0.2, -0.15) is 0 Å². The monoisotopic (exact) mass is 324 g/mol. The van der Waals surface area contributed by atoms with Crippen LogP contribution in [0.25, 0.3) is 0 Å². The van der Waals surface area contributed by atoms with Crippen LogP contribution in [0, 0.1) is 5.92 Å². The summed E-state index contributed by atoms with van der Waals surface area (Å²) in [5.74, 6) is 1.57. The zero-order chi connectivity index (χ0) is 14.9. The maximum Gasteiger partial charge on any atom is 0.230 e. The average molecular weight is 325 g/mol. The van der Waals surface area contributed by atoms with Crippen molar-refractivity contribution in [3.8, 4) is 5.75 Å². The second kappa shape index (κ2) is 6.88. The largest absolute Gasteiger partial charge is 0.497 e. The molecule has 0 aromatic heterocycles. The standard InChI is InChI=1S/C17H24N2O2.ClH/c1-21-14-7-5-13(6-8-14)17(9-2-10-17)16(20)19-11-15(18)12-3-4-12;/h5-8,12,15H,2-4,9-11,18H2,1H3,(H,19,20);1H. The SMILES string of the molecule is COc1ccc(C2(C(=O)NCC(N)C3CC3)CCC2)cc1.Cl. The second-order valence-electron chi connectivity index (χ2n) is 6.38. The molecule has 0 aliphatic heterocycles. The van der Waals surface area contributed by atoms with Crippen LogP contribution in [-0.4, -0.2) is 25.6 Å². The van der Waals surface area contributed by atoms with Crippen LogP contribution in [0.3, 0.4) is 0 Å². The predicted octanol–water partition coefficient (Wildman–Crippen LogP) is 2.39. The van der Waals surface area contributed by atoms with E-state index in [0.717, 1.165) is 30.6 Å². The summed E-state index contributed by atoms with van der Waals surface area (Å²) < 4.78 is 5.19. The highest BCUT2D eigenvalue weighted by molar-refractivity contribution is 5.89. The normalized spacial score (nSPS) is 20.3. The molecule has 0 bridgehead atoms. The van der Waals surface area contributed by atoms with Crippen molar-refractivity contribution in [1.29, 1.82) is 0 Å². The molecule has 1 aromatic carbocycles. The Bertz CT molecular complexity index is 510. The fourth-order valence-electron chi connectivity index (χ4n) is 3.16. The van der Waals surface area contributed by atoms with Gasteiger partial charge in [-0.25, -0.2) is 0 Å². The van der Waals surface area contributed by atoms with Crippen LogP contribution in [-0.2, 0) is 10.2 Å². The fraction of sp³-hybridized carbons (Fsp3) is 0.588. The molecule has 1 aromatic rings. The molecule has 0 heterocycles. The molecule has 0 spiro atoms. The summed E-state index contributed by atoms with van der Waals surface area (Å²) in [7, 11) is 1.65. The van der Waals surface area contributed by atoms with E-state index in [4.69, 9.17) is 10.5 Å². The van der Waals surface area contributed by atoms with Crippen LogP contribution >= 0.6 is 12.4 Å². The first-order valence-corrected chi connectivity index (χ1v) is 7.84. The Kier molecular flexibility index (Phi) is 5.35. The minimum Gasteiger partial charge on any atom is -0.497 e. The maximum atomic E-state index is 12.7. The summed E-state index contributed by atoms with van der Waals surface area (Å²) in [5, 5.41) is 3.08. The van der Waals surface area contributed by atoms with Gasteiger partial charge in [0.25, 0.3) is 0 Å². The van der Waals surface area contributed by atoms with Gasteiger partial charge >= 0.3 is 0 Å². The van der Waals surface area contributed by atoms with Gasteiger partial charge < -0.3 is 15.8 Å². The van der Waals surface area contributed by atoms with Gasteiger partial charge in [0.1, 0.15) is 5.75 Å². The molecule has 4 nitrogen and oxygen atoms in total. The molecule has 5 heteroatoms. The van der Waals surface area contributed by atoms with E-state index in [-0.39, 0.29) is 29.8 Å². The molecule has 1 unspecified atom stereocenters. The summed E-state index contributed by atoms with van der Waals surface area (Å²) in [5.41, 5.74) is 6.81. The summed E-state index contributed by atoms with van der Waals surface area (Å²) in [6, 6.07) is 8.00. The van der Waals surface area contributed by atoms with Crippen molar-refractivity contribution in [2.24, 2.45) is 11.7 Å². The lowest BCUT2D eigenvalue weighted by Gasteiger charge is -2.41. The number of halogens is 1. The number of hydrogen-bond donors (Lipinski definition) is 2. The minimum atomic E-state index is -0.352. The molecular formula is C17H25ClN2O2. The quantitative estimate of drug-likeness (QED) is 0.844. The second-order valence-corrected chi connectivity index (χ2v) is 6.38. The average Bonchev–Trinajstić information content (AvgIpc) is 3.29. The van der Waals surface area contributed by atoms with Crippen LogP contribution in [0.1, 0.15) is 37.7 Å². The summed E-state index contributed by atoms with van der Waals surface area (Å²) in [4.78, 5) is 12.7. The number of hydrogen-bond acceptors (Lipinski definition) is 3. The van der Waals surface area contributed by atoms with Gasteiger partial charge in [0.05, 0.1) is 12.5 Å². The van der Waals surface area contributed by atoms with Crippen LogP contribution in [0.15, 0.2) is 24.3 Å². The summed E-state index contributed by atoms with van der Waals surface area (Å²) in [6.45, 7) is 0.599. The van der Waals surface area contributed by atoms with Gasteiger partial charge in [0, 0.05) is 12.6 Å². The molecule has 0 radical (unpaired) electrons. The van der Waals surface area contributed by atoms with Crippen LogP contribution in [0.4, 0.5) is 0 Å². The summed E-state index contributed by atoms with van der Waals surface area (Å²) in [6.07, 6.45) is 5.36. The number of amides is 1. The Balaban J connectivity index is 0.00000176. The van der Waals surface area contributed by atoms with E-state index in [1.807, 2.05) is 24.3 Å². The third-order valence-corrected chi connectivity index (χ3v) is 5.01. The van der Waals surface area contributed by atoms with Crippen molar-refractivity contribution in [2.45, 2.75) is 43.6 Å². The van der Waals surface area contributed by atoms with Crippen molar-refractivity contribution in [3.63, 3.8) is 0 Å². The Morgan fingerprint density at radius 2 is 2.00 bits per heavy atom. The zero-order valence-electron chi connectivity index (χ0n) is 13.0. The van der Waals surface area contributed by atoms with E-state index in [0.29, 0.717) is 12.5 Å². The van der Waals surface area contributed by atoms with Crippen molar-refractivity contribution in [2.75, 3.05) is 13.7 Å². The van der Waals surface area contributed by atoms with E-state index in [9.17, 15) is 4.79 Å². The molecule has 2 saturated carbocycles. The first-order valence-electron chi connectivity index (χ1n) is 7.84. The number of methoxy groups -OCH3 is 1. The molecule has 0 saturated heterocycles. The minimum absolute atomic E-state index is 0. The third kappa shape index (κ3) is 3.23. The predicted molar refractivity (Wildman–Crippen MR) is 89.5 cm³/mol. The number of carbonyl (C=O) groups excluding carboxylic acids is 1. The highest BCUT2D eigenvalue weighted by atomic mass is 35.5. The lowest BCUT2D eigenvalue weighted by Crippen LogP contribution is -2.51. The highest BCUT2D eigenvalue weighted by Gasteiger charge is 2.45. The zero-order valence-corrected chi connectivity index (χ0v) is 13.8. The molecule has 2 aliphatic rings. The molecule has 2 fully saturated rings. The van der Waals surface area contributed by atoms with Gasteiger partial charge in [0.2, 0.25) is 5.91 Å². The molecule has 2 aliphatic carbocycles. The topological polar surface area (TPSA) is 64.3 Å². The smallest absolute Gasteiger partial charge is 0.230 e. The van der Waals surface area contributed by atoms with Gasteiger partial charge in [-0.15, -0.1) is 12.4 Å². The molecule has 3 N–H and O–H groups in total. The molecular weight excluding hydrogens is 300 g/mol. The Labute approximate surface area is 138 Å². The number of nitrogens with one attached hydrogen (secondary N) is 1. The van der Waals surface area contributed by atoms with E-state index in [1.165, 1.54) is 12.8 Å². The third-order valence-electron chi connectivity index (χ3n) is 5.01. The van der Waals surface area contributed by atoms with Crippen LogP contribution in [0.2, 0.25) is 0 Å². The van der Waals surface area contributed by atoms with Crippen molar-refractivity contribution >= 4 is 18.3 Å². The molecule has 1 amide bonds. The van der Waals surface area contributed by atoms with Gasteiger partial charge in [-0.3, -0.25) is 4.79 Å². The van der Waals surface area contributed by atoms with E-state index in [1.54, 1.807) is 7.11 Å². The Hall–Kier alpha value is -1.26. The molecule has 1 atom stereocenters. The number of carbonyl (C=O) groups is 1. The first-order chi connectivity index (χ1) is 10.2. The number of nitrogens with two attached hydrogens (primary N) is 1. The van der Waals surface area contributed by atoms with E-state index in [2.05, 4.69) is 5.32 Å². The first kappa shape index (κ1) is 17.1. The highest BCUT2D eigenvalue weighted by Crippen LogP contribution is 2.44. The van der Waals surface area contributed by atoms with Gasteiger partial charge in [-0.1, -0.05) is 18.6 Å². The van der Waals surface area contributed by atoms with Gasteiger partial charge in [0.15, 0.2) is 0 Å². The van der Waals surface area contributed by atoms with Crippen LogP contribution in [0.5, 0.6) is 5.75 Å². The van der Waals surface area contributed by atoms with Crippen molar-refractivity contribution < 1.29 is 9.53 Å². The lowest BCUT2D eigenvalue weighted by molar-refractivity contribution is -0.130. The Morgan fingerprint density at radius 3 is 2.45 bits per heavy atom. The molecule has 22 heavy (non-hydrogen) atoms. The van der Waals surface area contributed by atoms with Crippen molar-refractivity contribution in [1.82, 2.24) is 5.32 Å². The van der Waals surface area contributed by atoms with E-state index >= 15 is 0 Å². The fourth-order valence-corrected chi connectivity index (χ4v) is 3.16. The lowest BCUT2D eigenvalue weighted by atomic mass is 9.64. The van der Waals surface area contributed by atoms with Crippen LogP contribution < -0.4 is 15.8 Å². The number of ether oxygens (including phenoxy) is 1. The maximum absolute atomic E-state index is 12.7. The Morgan fingerprint density at radius 1 is 1.36 bits per heavy atom. The van der Waals surface area contributed by atoms with E-state index < -0.39 is 0 Å². The summed E-state index contributed by atoms with van der Waals surface area (Å²) >= 11 is 0.